The molecule has 0 aliphatic carbocycles. The SMILES string of the molecule is CCOc1cc(C(=O)Nc2ccc(OCC(C)C)cc2)cc(OCC)c1OCC. The van der Waals surface area contributed by atoms with Crippen LogP contribution in [0.4, 0.5) is 5.69 Å². The smallest absolute Gasteiger partial charge is 0.255 e. The highest BCUT2D eigenvalue weighted by Gasteiger charge is 2.18. The molecule has 0 aliphatic rings. The second-order valence-corrected chi connectivity index (χ2v) is 6.78. The normalized spacial score (nSPS) is 10.6. The molecule has 2 rings (SSSR count). The molecule has 0 saturated carbocycles. The predicted molar refractivity (Wildman–Crippen MR) is 115 cm³/mol. The second kappa shape index (κ2) is 11.2. The van der Waals surface area contributed by atoms with Gasteiger partial charge in [0.2, 0.25) is 5.75 Å². The Bertz CT molecular complexity index is 759. The highest BCUT2D eigenvalue weighted by molar-refractivity contribution is 6.05. The molecular formula is C23H31NO5. The molecule has 2 aromatic rings. The van der Waals surface area contributed by atoms with Gasteiger partial charge in [0, 0.05) is 11.3 Å². The largest absolute Gasteiger partial charge is 0.493 e. The summed E-state index contributed by atoms with van der Waals surface area (Å²) >= 11 is 0. The minimum absolute atomic E-state index is 0.259. The molecule has 0 atom stereocenters. The van der Waals surface area contributed by atoms with Gasteiger partial charge in [-0.15, -0.1) is 0 Å². The van der Waals surface area contributed by atoms with Crippen LogP contribution in [0.1, 0.15) is 45.0 Å². The number of nitrogens with one attached hydrogen (secondary N) is 1. The maximum absolute atomic E-state index is 12.8. The van der Waals surface area contributed by atoms with Crippen molar-refractivity contribution in [2.45, 2.75) is 34.6 Å². The summed E-state index contributed by atoms with van der Waals surface area (Å²) in [6.45, 7) is 11.9. The molecule has 2 aromatic carbocycles. The van der Waals surface area contributed by atoms with E-state index in [0.29, 0.717) is 60.8 Å². The Hall–Kier alpha value is -2.89. The van der Waals surface area contributed by atoms with Crippen LogP contribution >= 0.6 is 0 Å². The fourth-order valence-electron chi connectivity index (χ4n) is 2.62. The Morgan fingerprint density at radius 1 is 0.862 bits per heavy atom. The van der Waals surface area contributed by atoms with Crippen molar-refractivity contribution in [3.05, 3.63) is 42.0 Å². The van der Waals surface area contributed by atoms with Crippen molar-refractivity contribution in [3.63, 3.8) is 0 Å². The topological polar surface area (TPSA) is 66.0 Å². The van der Waals surface area contributed by atoms with E-state index >= 15 is 0 Å². The summed E-state index contributed by atoms with van der Waals surface area (Å²) in [6.07, 6.45) is 0. The van der Waals surface area contributed by atoms with Crippen LogP contribution in [0.2, 0.25) is 0 Å². The van der Waals surface area contributed by atoms with Crippen LogP contribution in [0.3, 0.4) is 0 Å². The van der Waals surface area contributed by atoms with Crippen LogP contribution < -0.4 is 24.3 Å². The van der Waals surface area contributed by atoms with Crippen molar-refractivity contribution in [1.29, 1.82) is 0 Å². The summed E-state index contributed by atoms with van der Waals surface area (Å²) in [7, 11) is 0. The average molecular weight is 402 g/mol. The van der Waals surface area contributed by atoms with Crippen LogP contribution in [0.25, 0.3) is 0 Å². The molecule has 6 nitrogen and oxygen atoms in total. The van der Waals surface area contributed by atoms with Gasteiger partial charge in [-0.25, -0.2) is 0 Å². The first-order valence-corrected chi connectivity index (χ1v) is 10.1. The first-order chi connectivity index (χ1) is 14.0. The van der Waals surface area contributed by atoms with Gasteiger partial charge in [0.25, 0.3) is 5.91 Å². The molecular weight excluding hydrogens is 370 g/mol. The molecule has 0 radical (unpaired) electrons. The number of benzene rings is 2. The van der Waals surface area contributed by atoms with Crippen LogP contribution in [-0.2, 0) is 0 Å². The fraction of sp³-hybridized carbons (Fsp3) is 0.435. The van der Waals surface area contributed by atoms with Gasteiger partial charge in [0.15, 0.2) is 11.5 Å². The van der Waals surface area contributed by atoms with Crippen molar-refractivity contribution < 1.29 is 23.7 Å². The third-order valence-electron chi connectivity index (χ3n) is 3.87. The lowest BCUT2D eigenvalue weighted by molar-refractivity contribution is 0.102. The van der Waals surface area contributed by atoms with Crippen molar-refractivity contribution >= 4 is 11.6 Å². The number of hydrogen-bond acceptors (Lipinski definition) is 5. The number of amides is 1. The zero-order valence-corrected chi connectivity index (χ0v) is 17.9. The third-order valence-corrected chi connectivity index (χ3v) is 3.87. The Balaban J connectivity index is 2.20. The van der Waals surface area contributed by atoms with Gasteiger partial charge >= 0.3 is 0 Å². The van der Waals surface area contributed by atoms with E-state index < -0.39 is 0 Å². The summed E-state index contributed by atoms with van der Waals surface area (Å²) in [4.78, 5) is 12.8. The van der Waals surface area contributed by atoms with Gasteiger partial charge in [-0.05, 0) is 63.1 Å². The number of carbonyl (C=O) groups is 1. The Morgan fingerprint density at radius 2 is 1.41 bits per heavy atom. The van der Waals surface area contributed by atoms with Crippen molar-refractivity contribution in [2.24, 2.45) is 5.92 Å². The molecule has 6 heteroatoms. The van der Waals surface area contributed by atoms with E-state index in [0.717, 1.165) is 5.75 Å². The second-order valence-electron chi connectivity index (χ2n) is 6.78. The van der Waals surface area contributed by atoms with E-state index in [2.05, 4.69) is 19.2 Å². The van der Waals surface area contributed by atoms with Crippen LogP contribution in [-0.4, -0.2) is 32.3 Å². The molecule has 1 N–H and O–H groups in total. The summed E-state index contributed by atoms with van der Waals surface area (Å²) in [5.41, 5.74) is 1.11. The summed E-state index contributed by atoms with van der Waals surface area (Å²) in [5, 5.41) is 2.89. The number of ether oxygens (including phenoxy) is 4. The Morgan fingerprint density at radius 3 is 1.90 bits per heavy atom. The third kappa shape index (κ3) is 6.59. The maximum atomic E-state index is 12.8. The molecule has 1 amide bonds. The Labute approximate surface area is 173 Å². The van der Waals surface area contributed by atoms with Gasteiger partial charge in [-0.2, -0.15) is 0 Å². The van der Waals surface area contributed by atoms with Gasteiger partial charge in [0.1, 0.15) is 5.75 Å². The number of carbonyl (C=O) groups excluding carboxylic acids is 1. The quantitative estimate of drug-likeness (QED) is 0.563. The average Bonchev–Trinajstić information content (AvgIpc) is 2.70. The first-order valence-electron chi connectivity index (χ1n) is 10.1. The van der Waals surface area contributed by atoms with Crippen molar-refractivity contribution in [2.75, 3.05) is 31.7 Å². The van der Waals surface area contributed by atoms with E-state index in [1.165, 1.54) is 0 Å². The van der Waals surface area contributed by atoms with E-state index in [9.17, 15) is 4.79 Å². The molecule has 0 spiro atoms. The van der Waals surface area contributed by atoms with Crippen molar-refractivity contribution in [1.82, 2.24) is 0 Å². The predicted octanol–water partition coefficient (Wildman–Crippen LogP) is 5.17. The van der Waals surface area contributed by atoms with E-state index in [1.54, 1.807) is 12.1 Å². The highest BCUT2D eigenvalue weighted by Crippen LogP contribution is 2.39. The van der Waals surface area contributed by atoms with E-state index in [-0.39, 0.29) is 5.91 Å². The molecule has 0 fully saturated rings. The van der Waals surface area contributed by atoms with Gasteiger partial charge in [-0.1, -0.05) is 13.8 Å². The molecule has 0 aromatic heterocycles. The van der Waals surface area contributed by atoms with Crippen LogP contribution in [0.15, 0.2) is 36.4 Å². The zero-order valence-electron chi connectivity index (χ0n) is 17.9. The standard InChI is InChI=1S/C23H31NO5/c1-6-26-20-13-17(14-21(27-7-2)22(20)28-8-3)23(25)24-18-9-11-19(12-10-18)29-15-16(4)5/h9-14,16H,6-8,15H2,1-5H3,(H,24,25). The number of hydrogen-bond donors (Lipinski definition) is 1. The molecule has 0 heterocycles. The minimum Gasteiger partial charge on any atom is -0.493 e. The van der Waals surface area contributed by atoms with Gasteiger partial charge in [0.05, 0.1) is 26.4 Å². The molecule has 158 valence electrons. The van der Waals surface area contributed by atoms with Crippen LogP contribution in [0.5, 0.6) is 23.0 Å². The van der Waals surface area contributed by atoms with E-state index in [1.807, 2.05) is 45.0 Å². The maximum Gasteiger partial charge on any atom is 0.255 e. The zero-order chi connectivity index (χ0) is 21.2. The highest BCUT2D eigenvalue weighted by atomic mass is 16.5. The van der Waals surface area contributed by atoms with Crippen LogP contribution in [0, 0.1) is 5.92 Å². The minimum atomic E-state index is -0.259. The van der Waals surface area contributed by atoms with Crippen molar-refractivity contribution in [3.8, 4) is 23.0 Å². The fourth-order valence-corrected chi connectivity index (χ4v) is 2.62. The lowest BCUT2D eigenvalue weighted by atomic mass is 10.1. The summed E-state index contributed by atoms with van der Waals surface area (Å²) in [6, 6.07) is 10.7. The molecule has 0 saturated heterocycles. The number of rotatable bonds is 11. The lowest BCUT2D eigenvalue weighted by Gasteiger charge is -2.17. The summed E-state index contributed by atoms with van der Waals surface area (Å²) < 4.78 is 22.7. The molecule has 0 unspecified atom stereocenters. The first kappa shape index (κ1) is 22.4. The Kier molecular flexibility index (Phi) is 8.65. The lowest BCUT2D eigenvalue weighted by Crippen LogP contribution is -2.13. The molecule has 0 bridgehead atoms. The molecule has 0 aliphatic heterocycles. The van der Waals surface area contributed by atoms with E-state index in [4.69, 9.17) is 18.9 Å². The number of anilines is 1. The molecule has 29 heavy (non-hydrogen) atoms. The van der Waals surface area contributed by atoms with Gasteiger partial charge < -0.3 is 24.3 Å². The summed E-state index contributed by atoms with van der Waals surface area (Å²) in [5.74, 6) is 2.46. The van der Waals surface area contributed by atoms with Gasteiger partial charge in [-0.3, -0.25) is 4.79 Å². The monoisotopic (exact) mass is 401 g/mol.